The van der Waals surface area contributed by atoms with Crippen molar-refractivity contribution in [2.45, 2.75) is 25.1 Å². The summed E-state index contributed by atoms with van der Waals surface area (Å²) < 4.78 is 37.6. The molecule has 2 atom stereocenters. The number of hydrogen-bond acceptors (Lipinski definition) is 2. The number of carbonyl (C=O) groups is 1. The van der Waals surface area contributed by atoms with E-state index in [1.807, 2.05) is 11.4 Å². The van der Waals surface area contributed by atoms with Gasteiger partial charge in [0.25, 0.3) is 5.91 Å². The van der Waals surface area contributed by atoms with E-state index in [0.717, 1.165) is 31.5 Å². The molecule has 0 radical (unpaired) electrons. The van der Waals surface area contributed by atoms with Crippen molar-refractivity contribution >= 4 is 22.9 Å². The Labute approximate surface area is 142 Å². The van der Waals surface area contributed by atoms with E-state index in [1.54, 1.807) is 11.3 Å². The van der Waals surface area contributed by atoms with Gasteiger partial charge in [0, 0.05) is 18.5 Å². The molecule has 3 nitrogen and oxygen atoms in total. The molecule has 2 heterocycles. The molecule has 128 valence electrons. The number of likely N-dealkylation sites (tertiary alicyclic amines) is 1. The highest BCUT2D eigenvalue weighted by molar-refractivity contribution is 7.10. The zero-order valence-corrected chi connectivity index (χ0v) is 13.7. The normalized spacial score (nSPS) is 21.0. The first-order valence-corrected chi connectivity index (χ1v) is 8.66. The topological polar surface area (TPSA) is 33.5 Å². The molecule has 1 fully saturated rings. The molecule has 1 aromatic carbocycles. The monoisotopic (exact) mass is 355 g/mol. The second-order valence-corrected chi connectivity index (χ2v) is 6.90. The molecule has 1 aliphatic heterocycles. The summed E-state index contributed by atoms with van der Waals surface area (Å²) in [6.07, 6.45) is -2.23. The number of hydrogen-bond donors (Lipinski definition) is 2. The minimum Gasteiger partial charge on any atom is -0.321 e. The average Bonchev–Trinajstić information content (AvgIpc) is 3.17. The zero-order valence-electron chi connectivity index (χ0n) is 12.9. The van der Waals surface area contributed by atoms with Crippen LogP contribution in [0.3, 0.4) is 0 Å². The molecule has 2 N–H and O–H groups in total. The fraction of sp³-hybridized carbons (Fsp3) is 0.353. The largest absolute Gasteiger partial charge is 0.416 e. The molecule has 1 saturated heterocycles. The Kier molecular flexibility index (Phi) is 4.91. The Morgan fingerprint density at radius 3 is 2.62 bits per heavy atom. The first kappa shape index (κ1) is 17.0. The molecule has 7 heteroatoms. The molecule has 0 aliphatic carbocycles. The summed E-state index contributed by atoms with van der Waals surface area (Å²) in [7, 11) is 0. The SMILES string of the molecule is O=C(C[NH+]1CCC[C@H]1c1cccs1)Nc1ccc(C(F)(F)F)cc1. The van der Waals surface area contributed by atoms with Crippen LogP contribution in [-0.4, -0.2) is 19.0 Å². The van der Waals surface area contributed by atoms with Crippen molar-refractivity contribution in [1.82, 2.24) is 0 Å². The molecular weight excluding hydrogens is 337 g/mol. The summed E-state index contributed by atoms with van der Waals surface area (Å²) in [5.41, 5.74) is -0.331. The quantitative estimate of drug-likeness (QED) is 0.868. The number of alkyl halides is 3. The highest BCUT2D eigenvalue weighted by atomic mass is 32.1. The lowest BCUT2D eigenvalue weighted by Gasteiger charge is -2.20. The number of carbonyl (C=O) groups excluding carboxylic acids is 1. The Hall–Kier alpha value is -1.86. The van der Waals surface area contributed by atoms with E-state index < -0.39 is 11.7 Å². The number of anilines is 1. The number of nitrogens with one attached hydrogen (secondary N) is 2. The van der Waals surface area contributed by atoms with E-state index >= 15 is 0 Å². The molecule has 0 spiro atoms. The predicted octanol–water partition coefficient (Wildman–Crippen LogP) is 3.13. The lowest BCUT2D eigenvalue weighted by atomic mass is 10.2. The van der Waals surface area contributed by atoms with Crippen LogP contribution in [0.25, 0.3) is 0 Å². The zero-order chi connectivity index (χ0) is 17.2. The molecule has 1 aromatic heterocycles. The van der Waals surface area contributed by atoms with E-state index in [0.29, 0.717) is 18.3 Å². The second-order valence-electron chi connectivity index (χ2n) is 5.92. The van der Waals surface area contributed by atoms with Crippen LogP contribution in [0.5, 0.6) is 0 Å². The van der Waals surface area contributed by atoms with E-state index in [4.69, 9.17) is 0 Å². The van der Waals surface area contributed by atoms with Crippen molar-refractivity contribution < 1.29 is 22.9 Å². The lowest BCUT2D eigenvalue weighted by Crippen LogP contribution is -3.11. The fourth-order valence-electron chi connectivity index (χ4n) is 3.11. The smallest absolute Gasteiger partial charge is 0.321 e. The van der Waals surface area contributed by atoms with Gasteiger partial charge in [0.15, 0.2) is 6.54 Å². The van der Waals surface area contributed by atoms with Crippen molar-refractivity contribution in [2.24, 2.45) is 0 Å². The van der Waals surface area contributed by atoms with Gasteiger partial charge in [-0.3, -0.25) is 4.79 Å². The third-order valence-electron chi connectivity index (χ3n) is 4.25. The summed E-state index contributed by atoms with van der Waals surface area (Å²) in [6.45, 7) is 1.26. The summed E-state index contributed by atoms with van der Waals surface area (Å²) in [5.74, 6) is -0.173. The maximum atomic E-state index is 12.5. The number of halogens is 3. The fourth-order valence-corrected chi connectivity index (χ4v) is 4.03. The van der Waals surface area contributed by atoms with Gasteiger partial charge in [0.2, 0.25) is 0 Å². The summed E-state index contributed by atoms with van der Waals surface area (Å²) >= 11 is 1.70. The minimum atomic E-state index is -4.36. The van der Waals surface area contributed by atoms with Gasteiger partial charge in [0.1, 0.15) is 6.04 Å². The molecule has 1 aliphatic rings. The van der Waals surface area contributed by atoms with E-state index in [9.17, 15) is 18.0 Å². The Morgan fingerprint density at radius 2 is 2.00 bits per heavy atom. The highest BCUT2D eigenvalue weighted by Gasteiger charge is 2.32. The predicted molar refractivity (Wildman–Crippen MR) is 87.1 cm³/mol. The van der Waals surface area contributed by atoms with Crippen molar-refractivity contribution in [2.75, 3.05) is 18.4 Å². The van der Waals surface area contributed by atoms with Gasteiger partial charge in [-0.1, -0.05) is 6.07 Å². The van der Waals surface area contributed by atoms with Crippen LogP contribution < -0.4 is 10.2 Å². The van der Waals surface area contributed by atoms with Crippen LogP contribution in [-0.2, 0) is 11.0 Å². The van der Waals surface area contributed by atoms with E-state index in [2.05, 4.69) is 11.4 Å². The summed E-state index contributed by atoms with van der Waals surface area (Å²) in [4.78, 5) is 14.7. The molecule has 0 bridgehead atoms. The first-order valence-electron chi connectivity index (χ1n) is 7.78. The van der Waals surface area contributed by atoms with E-state index in [1.165, 1.54) is 21.9 Å². The van der Waals surface area contributed by atoms with Crippen LogP contribution in [0.4, 0.5) is 18.9 Å². The van der Waals surface area contributed by atoms with Crippen molar-refractivity contribution in [1.29, 1.82) is 0 Å². The number of rotatable bonds is 4. The lowest BCUT2D eigenvalue weighted by molar-refractivity contribution is -0.910. The maximum Gasteiger partial charge on any atom is 0.416 e. The Morgan fingerprint density at radius 1 is 1.25 bits per heavy atom. The van der Waals surface area contributed by atoms with Crippen molar-refractivity contribution in [3.8, 4) is 0 Å². The van der Waals surface area contributed by atoms with Crippen LogP contribution in [0.1, 0.15) is 29.3 Å². The second kappa shape index (κ2) is 6.94. The maximum absolute atomic E-state index is 12.5. The van der Waals surface area contributed by atoms with Gasteiger partial charge in [-0.2, -0.15) is 13.2 Å². The molecule has 3 rings (SSSR count). The Balaban J connectivity index is 1.59. The van der Waals surface area contributed by atoms with Gasteiger partial charge < -0.3 is 10.2 Å². The van der Waals surface area contributed by atoms with Gasteiger partial charge in [-0.15, -0.1) is 11.3 Å². The molecular formula is C17H18F3N2OS+. The third kappa shape index (κ3) is 3.96. The molecule has 1 unspecified atom stereocenters. The highest BCUT2D eigenvalue weighted by Crippen LogP contribution is 2.29. The van der Waals surface area contributed by atoms with Gasteiger partial charge in [0.05, 0.1) is 17.0 Å². The van der Waals surface area contributed by atoms with Gasteiger partial charge >= 0.3 is 6.18 Å². The third-order valence-corrected chi connectivity index (χ3v) is 5.24. The van der Waals surface area contributed by atoms with Gasteiger partial charge in [-0.05, 0) is 35.7 Å². The van der Waals surface area contributed by atoms with Gasteiger partial charge in [-0.25, -0.2) is 0 Å². The van der Waals surface area contributed by atoms with E-state index in [-0.39, 0.29) is 5.91 Å². The van der Waals surface area contributed by atoms with Crippen LogP contribution in [0.2, 0.25) is 0 Å². The number of thiophene rings is 1. The standard InChI is InChI=1S/C17H17F3N2OS/c18-17(19,20)12-5-7-13(8-6-12)21-16(23)11-22-9-1-3-14(22)15-4-2-10-24-15/h2,4-8,10,14H,1,3,9,11H2,(H,21,23)/p+1/t14-/m0/s1. The summed E-state index contributed by atoms with van der Waals surface area (Å²) in [6, 6.07) is 8.98. The molecule has 1 amide bonds. The molecule has 2 aromatic rings. The number of amides is 1. The first-order chi connectivity index (χ1) is 11.4. The average molecular weight is 355 g/mol. The van der Waals surface area contributed by atoms with Crippen LogP contribution >= 0.6 is 11.3 Å². The number of quaternary nitrogens is 1. The van der Waals surface area contributed by atoms with Crippen LogP contribution in [0, 0.1) is 0 Å². The molecule has 24 heavy (non-hydrogen) atoms. The van der Waals surface area contributed by atoms with Crippen molar-refractivity contribution in [3.63, 3.8) is 0 Å². The van der Waals surface area contributed by atoms with Crippen molar-refractivity contribution in [3.05, 3.63) is 52.2 Å². The van der Waals surface area contributed by atoms with Crippen LogP contribution in [0.15, 0.2) is 41.8 Å². The summed E-state index contributed by atoms with van der Waals surface area (Å²) in [5, 5.41) is 4.72. The minimum absolute atomic E-state index is 0.173. The number of benzene rings is 1. The molecule has 0 saturated carbocycles. The Bertz CT molecular complexity index is 683.